The summed E-state index contributed by atoms with van der Waals surface area (Å²) in [7, 11) is 4.09. The summed E-state index contributed by atoms with van der Waals surface area (Å²) in [5.74, 6) is 0.657. The maximum absolute atomic E-state index is 4.79. The lowest BCUT2D eigenvalue weighted by molar-refractivity contribution is 1.02. The lowest BCUT2D eigenvalue weighted by atomic mass is 10.2. The van der Waals surface area contributed by atoms with E-state index in [1.165, 1.54) is 23.4 Å². The minimum atomic E-state index is 0.657. The van der Waals surface area contributed by atoms with Gasteiger partial charge in [-0.1, -0.05) is 11.3 Å². The Hall–Kier alpha value is -1.14. The summed E-state index contributed by atoms with van der Waals surface area (Å²) in [6, 6.07) is 0. The van der Waals surface area contributed by atoms with Crippen LogP contribution in [0.1, 0.15) is 31.4 Å². The van der Waals surface area contributed by atoms with Gasteiger partial charge in [0.1, 0.15) is 0 Å². The molecule has 19 heavy (non-hydrogen) atoms. The fraction of sp³-hybridized carbons (Fsp3) is 0.538. The Bertz CT molecular complexity index is 569. The molecule has 1 saturated carbocycles. The van der Waals surface area contributed by atoms with Crippen LogP contribution in [0.25, 0.3) is 10.6 Å². The second-order valence-electron chi connectivity index (χ2n) is 4.95. The van der Waals surface area contributed by atoms with Gasteiger partial charge < -0.3 is 10.2 Å². The molecule has 2 aromatic heterocycles. The highest BCUT2D eigenvalue weighted by Gasteiger charge is 2.31. The molecule has 1 aliphatic rings. The number of hydrogen-bond acceptors (Lipinski definition) is 6. The van der Waals surface area contributed by atoms with E-state index in [-0.39, 0.29) is 0 Å². The molecule has 0 saturated heterocycles. The molecule has 0 aromatic carbocycles. The van der Waals surface area contributed by atoms with Crippen LogP contribution >= 0.6 is 22.7 Å². The van der Waals surface area contributed by atoms with Crippen molar-refractivity contribution >= 4 is 32.9 Å². The molecule has 0 amide bonds. The quantitative estimate of drug-likeness (QED) is 0.914. The molecule has 0 bridgehead atoms. The van der Waals surface area contributed by atoms with Crippen molar-refractivity contribution < 1.29 is 0 Å². The minimum Gasteiger partial charge on any atom is -0.362 e. The fourth-order valence-corrected chi connectivity index (χ4v) is 3.82. The standard InChI is InChI=1S/C13H18N4S2/c1-4-14-12-15-9(7-18-12)11-10(8-5-6-8)16-13(19-11)17(2)3/h7-8H,4-6H2,1-3H3,(H,14,15). The van der Waals surface area contributed by atoms with Gasteiger partial charge in [-0.2, -0.15) is 0 Å². The maximum Gasteiger partial charge on any atom is 0.185 e. The summed E-state index contributed by atoms with van der Waals surface area (Å²) in [6.45, 7) is 3.00. The summed E-state index contributed by atoms with van der Waals surface area (Å²) in [4.78, 5) is 12.8. The van der Waals surface area contributed by atoms with Gasteiger partial charge >= 0.3 is 0 Å². The van der Waals surface area contributed by atoms with Crippen molar-refractivity contribution in [2.45, 2.75) is 25.7 Å². The first-order valence-electron chi connectivity index (χ1n) is 6.57. The summed E-state index contributed by atoms with van der Waals surface area (Å²) in [6.07, 6.45) is 2.54. The van der Waals surface area contributed by atoms with Gasteiger partial charge in [0.2, 0.25) is 0 Å². The predicted molar refractivity (Wildman–Crippen MR) is 83.7 cm³/mol. The monoisotopic (exact) mass is 294 g/mol. The highest BCUT2D eigenvalue weighted by Crippen LogP contribution is 2.47. The number of aromatic nitrogens is 2. The number of anilines is 2. The van der Waals surface area contributed by atoms with E-state index in [2.05, 4.69) is 27.5 Å². The average Bonchev–Trinajstić information content (AvgIpc) is 2.96. The normalized spacial score (nSPS) is 14.7. The van der Waals surface area contributed by atoms with Crippen LogP contribution in [-0.2, 0) is 0 Å². The third-order valence-electron chi connectivity index (χ3n) is 3.05. The lowest BCUT2D eigenvalue weighted by Crippen LogP contribution is -2.07. The second-order valence-corrected chi connectivity index (χ2v) is 6.78. The van der Waals surface area contributed by atoms with Gasteiger partial charge in [-0.3, -0.25) is 0 Å². The number of thiazole rings is 2. The van der Waals surface area contributed by atoms with E-state index in [0.29, 0.717) is 5.92 Å². The summed E-state index contributed by atoms with van der Waals surface area (Å²) >= 11 is 3.42. The number of rotatable bonds is 5. The molecule has 6 heteroatoms. The Kier molecular flexibility index (Phi) is 3.45. The number of nitrogens with zero attached hydrogens (tertiary/aromatic N) is 3. The molecule has 0 unspecified atom stereocenters. The first kappa shape index (κ1) is 12.9. The molecule has 0 atom stereocenters. The topological polar surface area (TPSA) is 41.1 Å². The lowest BCUT2D eigenvalue weighted by Gasteiger charge is -2.05. The van der Waals surface area contributed by atoms with Crippen LogP contribution in [0.5, 0.6) is 0 Å². The predicted octanol–water partition coefficient (Wildman–Crippen LogP) is 3.64. The van der Waals surface area contributed by atoms with Crippen molar-refractivity contribution in [3.8, 4) is 10.6 Å². The SMILES string of the molecule is CCNc1nc(-c2sc(N(C)C)nc2C2CC2)cs1. The Labute approximate surface area is 121 Å². The van der Waals surface area contributed by atoms with E-state index >= 15 is 0 Å². The highest BCUT2D eigenvalue weighted by atomic mass is 32.1. The second kappa shape index (κ2) is 5.09. The van der Waals surface area contributed by atoms with Crippen LogP contribution < -0.4 is 10.2 Å². The number of nitrogens with one attached hydrogen (secondary N) is 1. The highest BCUT2D eigenvalue weighted by molar-refractivity contribution is 7.19. The van der Waals surface area contributed by atoms with Crippen LogP contribution in [0.15, 0.2) is 5.38 Å². The van der Waals surface area contributed by atoms with Gasteiger partial charge in [0.15, 0.2) is 10.3 Å². The van der Waals surface area contributed by atoms with Crippen LogP contribution in [0.2, 0.25) is 0 Å². The van der Waals surface area contributed by atoms with E-state index in [0.717, 1.165) is 22.5 Å². The molecule has 0 aliphatic heterocycles. The zero-order valence-electron chi connectivity index (χ0n) is 11.4. The fourth-order valence-electron chi connectivity index (χ4n) is 1.94. The van der Waals surface area contributed by atoms with Gasteiger partial charge in [0.05, 0.1) is 16.3 Å². The van der Waals surface area contributed by atoms with E-state index in [1.807, 2.05) is 14.1 Å². The molecule has 2 aromatic rings. The molecule has 1 N–H and O–H groups in total. The Morgan fingerprint density at radius 3 is 2.79 bits per heavy atom. The molecule has 0 radical (unpaired) electrons. The van der Waals surface area contributed by atoms with E-state index in [1.54, 1.807) is 22.7 Å². The molecule has 4 nitrogen and oxygen atoms in total. The van der Waals surface area contributed by atoms with E-state index in [9.17, 15) is 0 Å². The maximum atomic E-state index is 4.79. The van der Waals surface area contributed by atoms with E-state index in [4.69, 9.17) is 4.98 Å². The van der Waals surface area contributed by atoms with Crippen LogP contribution in [0.4, 0.5) is 10.3 Å². The molecular formula is C13H18N4S2. The molecule has 0 spiro atoms. The average molecular weight is 294 g/mol. The van der Waals surface area contributed by atoms with Gasteiger partial charge in [-0.05, 0) is 19.8 Å². The molecule has 102 valence electrons. The Morgan fingerprint density at radius 1 is 1.37 bits per heavy atom. The first-order chi connectivity index (χ1) is 9.19. The zero-order chi connectivity index (χ0) is 13.4. The Balaban J connectivity index is 1.97. The van der Waals surface area contributed by atoms with Gasteiger partial charge in [-0.15, -0.1) is 11.3 Å². The Morgan fingerprint density at radius 2 is 2.16 bits per heavy atom. The van der Waals surface area contributed by atoms with Crippen LogP contribution in [0, 0.1) is 0 Å². The molecule has 3 rings (SSSR count). The van der Waals surface area contributed by atoms with Gasteiger partial charge in [0, 0.05) is 31.9 Å². The van der Waals surface area contributed by atoms with Crippen molar-refractivity contribution in [3.63, 3.8) is 0 Å². The molecule has 1 aliphatic carbocycles. The third-order valence-corrected chi connectivity index (χ3v) is 5.11. The molecule has 2 heterocycles. The van der Waals surface area contributed by atoms with Crippen molar-refractivity contribution in [1.82, 2.24) is 9.97 Å². The number of hydrogen-bond donors (Lipinski definition) is 1. The molecular weight excluding hydrogens is 276 g/mol. The summed E-state index contributed by atoms with van der Waals surface area (Å²) in [5.41, 5.74) is 2.33. The smallest absolute Gasteiger partial charge is 0.185 e. The third kappa shape index (κ3) is 2.60. The largest absolute Gasteiger partial charge is 0.362 e. The van der Waals surface area contributed by atoms with Crippen molar-refractivity contribution in [3.05, 3.63) is 11.1 Å². The van der Waals surface area contributed by atoms with Gasteiger partial charge in [-0.25, -0.2) is 9.97 Å². The molecule has 1 fully saturated rings. The van der Waals surface area contributed by atoms with Crippen molar-refractivity contribution in [2.75, 3.05) is 30.9 Å². The van der Waals surface area contributed by atoms with Crippen molar-refractivity contribution in [1.29, 1.82) is 0 Å². The van der Waals surface area contributed by atoms with Crippen LogP contribution in [0.3, 0.4) is 0 Å². The first-order valence-corrected chi connectivity index (χ1v) is 8.26. The summed E-state index contributed by atoms with van der Waals surface area (Å²) in [5, 5.41) is 7.49. The zero-order valence-corrected chi connectivity index (χ0v) is 13.1. The van der Waals surface area contributed by atoms with Crippen molar-refractivity contribution in [2.24, 2.45) is 0 Å². The van der Waals surface area contributed by atoms with E-state index < -0.39 is 0 Å². The van der Waals surface area contributed by atoms with Gasteiger partial charge in [0.25, 0.3) is 0 Å². The minimum absolute atomic E-state index is 0.657. The van der Waals surface area contributed by atoms with Crippen LogP contribution in [-0.4, -0.2) is 30.6 Å². The summed E-state index contributed by atoms with van der Waals surface area (Å²) < 4.78 is 0.